The molecule has 0 aliphatic rings. The van der Waals surface area contributed by atoms with Crippen molar-refractivity contribution in [2.75, 3.05) is 6.61 Å². The van der Waals surface area contributed by atoms with Gasteiger partial charge in [0.05, 0.1) is 11.6 Å². The first-order valence-electron chi connectivity index (χ1n) is 9.44. The molecule has 3 aromatic rings. The Kier molecular flexibility index (Phi) is 8.23. The standard InChI is InChI=1S/C23H21Cl3FNO2/c1-2-29-22-10-16(13-28-12-15-6-3-4-7-18(15)24)20(26)11-23(22)30-14-17-19(25)8-5-9-21(17)27/h3-11,28H,2,12-14H2,1H3. The molecule has 0 spiro atoms. The molecule has 0 atom stereocenters. The molecule has 0 amide bonds. The highest BCUT2D eigenvalue weighted by Crippen LogP contribution is 2.35. The van der Waals surface area contributed by atoms with Crippen molar-refractivity contribution in [1.29, 1.82) is 0 Å². The molecule has 1 N–H and O–H groups in total. The van der Waals surface area contributed by atoms with E-state index >= 15 is 0 Å². The van der Waals surface area contributed by atoms with E-state index in [1.54, 1.807) is 18.2 Å². The summed E-state index contributed by atoms with van der Waals surface area (Å²) in [6.45, 7) is 3.41. The number of benzene rings is 3. The first kappa shape index (κ1) is 22.7. The third-order valence-corrected chi connectivity index (χ3v) is 5.51. The molecule has 0 saturated heterocycles. The van der Waals surface area contributed by atoms with Gasteiger partial charge in [-0.2, -0.15) is 0 Å². The quantitative estimate of drug-likeness (QED) is 0.365. The monoisotopic (exact) mass is 467 g/mol. The summed E-state index contributed by atoms with van der Waals surface area (Å²) in [5.74, 6) is 0.534. The smallest absolute Gasteiger partial charge is 0.163 e. The van der Waals surface area contributed by atoms with Gasteiger partial charge in [0, 0.05) is 34.8 Å². The summed E-state index contributed by atoms with van der Waals surface area (Å²) in [5, 5.41) is 4.86. The number of ether oxygens (including phenoxy) is 2. The van der Waals surface area contributed by atoms with Crippen molar-refractivity contribution in [3.8, 4) is 11.5 Å². The topological polar surface area (TPSA) is 30.5 Å². The molecule has 3 rings (SSSR count). The van der Waals surface area contributed by atoms with Crippen LogP contribution < -0.4 is 14.8 Å². The van der Waals surface area contributed by atoms with Gasteiger partial charge in [-0.25, -0.2) is 4.39 Å². The molecule has 30 heavy (non-hydrogen) atoms. The molecule has 0 fully saturated rings. The minimum Gasteiger partial charge on any atom is -0.490 e. The Morgan fingerprint density at radius 2 is 1.50 bits per heavy atom. The van der Waals surface area contributed by atoms with Crippen LogP contribution in [-0.2, 0) is 19.7 Å². The van der Waals surface area contributed by atoms with E-state index in [9.17, 15) is 4.39 Å². The van der Waals surface area contributed by atoms with Gasteiger partial charge < -0.3 is 14.8 Å². The molecule has 0 aromatic heterocycles. The molecule has 0 aliphatic heterocycles. The molecule has 0 unspecified atom stereocenters. The van der Waals surface area contributed by atoms with Crippen LogP contribution in [0.25, 0.3) is 0 Å². The lowest BCUT2D eigenvalue weighted by atomic mass is 10.1. The maximum absolute atomic E-state index is 14.0. The second-order valence-corrected chi connectivity index (χ2v) is 7.73. The fourth-order valence-electron chi connectivity index (χ4n) is 2.89. The molecule has 158 valence electrons. The van der Waals surface area contributed by atoms with Crippen molar-refractivity contribution < 1.29 is 13.9 Å². The van der Waals surface area contributed by atoms with Crippen LogP contribution in [0.2, 0.25) is 15.1 Å². The van der Waals surface area contributed by atoms with E-state index < -0.39 is 5.82 Å². The molecular weight excluding hydrogens is 448 g/mol. The van der Waals surface area contributed by atoms with Gasteiger partial charge in [0.25, 0.3) is 0 Å². The molecule has 0 heterocycles. The lowest BCUT2D eigenvalue weighted by Gasteiger charge is -2.16. The Morgan fingerprint density at radius 3 is 2.23 bits per heavy atom. The maximum Gasteiger partial charge on any atom is 0.163 e. The normalized spacial score (nSPS) is 10.8. The van der Waals surface area contributed by atoms with Gasteiger partial charge in [-0.05, 0) is 42.3 Å². The van der Waals surface area contributed by atoms with Gasteiger partial charge >= 0.3 is 0 Å². The van der Waals surface area contributed by atoms with Gasteiger partial charge in [0.2, 0.25) is 0 Å². The molecule has 7 heteroatoms. The molecule has 0 bridgehead atoms. The fourth-order valence-corrected chi connectivity index (χ4v) is 3.53. The van der Waals surface area contributed by atoms with Gasteiger partial charge in [-0.15, -0.1) is 0 Å². The van der Waals surface area contributed by atoms with Crippen LogP contribution >= 0.6 is 34.8 Å². The first-order chi connectivity index (χ1) is 14.5. The summed E-state index contributed by atoms with van der Waals surface area (Å²) >= 11 is 18.7. The van der Waals surface area contributed by atoms with Crippen molar-refractivity contribution in [2.45, 2.75) is 26.6 Å². The largest absolute Gasteiger partial charge is 0.490 e. The van der Waals surface area contributed by atoms with E-state index in [1.165, 1.54) is 6.07 Å². The second kappa shape index (κ2) is 10.9. The Bertz CT molecular complexity index is 993. The Balaban J connectivity index is 1.72. The van der Waals surface area contributed by atoms with E-state index in [0.717, 1.165) is 11.1 Å². The number of hydrogen-bond acceptors (Lipinski definition) is 3. The summed E-state index contributed by atoms with van der Waals surface area (Å²) < 4.78 is 25.5. The zero-order valence-electron chi connectivity index (χ0n) is 16.4. The predicted molar refractivity (Wildman–Crippen MR) is 120 cm³/mol. The predicted octanol–water partition coefficient (Wildman–Crippen LogP) is 7.05. The zero-order chi connectivity index (χ0) is 21.5. The van der Waals surface area contributed by atoms with Crippen molar-refractivity contribution in [1.82, 2.24) is 5.32 Å². The Hall–Kier alpha value is -1.98. The van der Waals surface area contributed by atoms with Crippen LogP contribution in [-0.4, -0.2) is 6.61 Å². The molecule has 3 aromatic carbocycles. The SMILES string of the molecule is CCOc1cc(CNCc2ccccc2Cl)c(Cl)cc1OCc1c(F)cccc1Cl. The summed E-state index contributed by atoms with van der Waals surface area (Å²) in [6.07, 6.45) is 0. The maximum atomic E-state index is 14.0. The van der Waals surface area contributed by atoms with Gasteiger partial charge in [0.1, 0.15) is 12.4 Å². The van der Waals surface area contributed by atoms with Crippen LogP contribution in [0.3, 0.4) is 0 Å². The minimum absolute atomic E-state index is 0.0357. The number of halogens is 4. The van der Waals surface area contributed by atoms with Crippen molar-refractivity contribution >= 4 is 34.8 Å². The van der Waals surface area contributed by atoms with E-state index in [4.69, 9.17) is 44.3 Å². The molecule has 0 radical (unpaired) electrons. The highest BCUT2D eigenvalue weighted by molar-refractivity contribution is 6.32. The van der Waals surface area contributed by atoms with Gasteiger partial charge in [0.15, 0.2) is 11.5 Å². The molecule has 0 saturated carbocycles. The van der Waals surface area contributed by atoms with Crippen molar-refractivity contribution in [3.63, 3.8) is 0 Å². The van der Waals surface area contributed by atoms with E-state index in [2.05, 4.69) is 5.32 Å². The van der Waals surface area contributed by atoms with E-state index in [-0.39, 0.29) is 12.2 Å². The highest BCUT2D eigenvalue weighted by atomic mass is 35.5. The van der Waals surface area contributed by atoms with Gasteiger partial charge in [-0.1, -0.05) is 59.1 Å². The summed E-state index contributed by atoms with van der Waals surface area (Å²) in [4.78, 5) is 0. The van der Waals surface area contributed by atoms with Crippen LogP contribution in [0.4, 0.5) is 4.39 Å². The molecular formula is C23H21Cl3FNO2. The van der Waals surface area contributed by atoms with Crippen LogP contribution in [0.5, 0.6) is 11.5 Å². The van der Waals surface area contributed by atoms with Crippen molar-refractivity contribution in [3.05, 3.63) is 92.2 Å². The Morgan fingerprint density at radius 1 is 0.800 bits per heavy atom. The highest BCUT2D eigenvalue weighted by Gasteiger charge is 2.14. The second-order valence-electron chi connectivity index (χ2n) is 6.51. The third kappa shape index (κ3) is 5.79. The summed E-state index contributed by atoms with van der Waals surface area (Å²) in [5.41, 5.74) is 2.13. The Labute approximate surface area is 190 Å². The lowest BCUT2D eigenvalue weighted by Crippen LogP contribution is -2.13. The number of nitrogens with one attached hydrogen (secondary N) is 1. The average Bonchev–Trinajstić information content (AvgIpc) is 2.72. The van der Waals surface area contributed by atoms with Crippen LogP contribution in [0, 0.1) is 5.82 Å². The number of hydrogen-bond donors (Lipinski definition) is 1. The summed E-state index contributed by atoms with van der Waals surface area (Å²) in [6, 6.07) is 15.7. The van der Waals surface area contributed by atoms with Gasteiger partial charge in [-0.3, -0.25) is 0 Å². The third-order valence-electron chi connectivity index (χ3n) is 4.44. The molecule has 3 nitrogen and oxygen atoms in total. The van der Waals surface area contributed by atoms with Crippen molar-refractivity contribution in [2.24, 2.45) is 0 Å². The van der Waals surface area contributed by atoms with Crippen LogP contribution in [0.1, 0.15) is 23.6 Å². The first-order valence-corrected chi connectivity index (χ1v) is 10.6. The molecule has 0 aliphatic carbocycles. The fraction of sp³-hybridized carbons (Fsp3) is 0.217. The van der Waals surface area contributed by atoms with E-state index in [1.807, 2.05) is 37.3 Å². The minimum atomic E-state index is -0.424. The number of rotatable bonds is 9. The summed E-state index contributed by atoms with van der Waals surface area (Å²) in [7, 11) is 0. The van der Waals surface area contributed by atoms with E-state index in [0.29, 0.717) is 46.3 Å². The van der Waals surface area contributed by atoms with Crippen LogP contribution in [0.15, 0.2) is 54.6 Å². The average molecular weight is 469 g/mol. The zero-order valence-corrected chi connectivity index (χ0v) is 18.6. The lowest BCUT2D eigenvalue weighted by molar-refractivity contribution is 0.265.